The number of aromatic nitrogens is 2. The van der Waals surface area contributed by atoms with Crippen LogP contribution in [0.2, 0.25) is 0 Å². The van der Waals surface area contributed by atoms with Crippen LogP contribution in [0, 0.1) is 13.8 Å². The van der Waals surface area contributed by atoms with Crippen LogP contribution < -0.4 is 5.73 Å². The lowest BCUT2D eigenvalue weighted by Gasteiger charge is -2.14. The highest BCUT2D eigenvalue weighted by Gasteiger charge is 2.10. The molecule has 0 fully saturated rings. The predicted molar refractivity (Wildman–Crippen MR) is 72.2 cm³/mol. The lowest BCUT2D eigenvalue weighted by atomic mass is 10.0. The fourth-order valence-electron chi connectivity index (χ4n) is 1.83. The molecular weight excluding hydrogens is 230 g/mol. The molecule has 0 bridgehead atoms. The van der Waals surface area contributed by atoms with Crippen LogP contribution in [0.3, 0.4) is 0 Å². The fourth-order valence-corrected chi connectivity index (χ4v) is 2.63. The van der Waals surface area contributed by atoms with Gasteiger partial charge in [-0.25, -0.2) is 4.98 Å². The van der Waals surface area contributed by atoms with Crippen LogP contribution >= 0.6 is 11.8 Å². The number of thioether (sulfide) groups is 1. The molecule has 1 heterocycles. The van der Waals surface area contributed by atoms with E-state index in [-0.39, 0.29) is 6.04 Å². The zero-order valence-electron chi connectivity index (χ0n) is 10.1. The van der Waals surface area contributed by atoms with E-state index in [1.165, 1.54) is 16.7 Å². The Kier molecular flexibility index (Phi) is 3.86. The number of aryl methyl sites for hydroxylation is 2. The van der Waals surface area contributed by atoms with Gasteiger partial charge in [0.25, 0.3) is 0 Å². The first-order valence-electron chi connectivity index (χ1n) is 5.61. The Balaban J connectivity index is 2.01. The van der Waals surface area contributed by atoms with Crippen LogP contribution in [0.5, 0.6) is 0 Å². The Hall–Kier alpha value is -1.26. The van der Waals surface area contributed by atoms with Gasteiger partial charge >= 0.3 is 0 Å². The summed E-state index contributed by atoms with van der Waals surface area (Å²) < 4.78 is 0. The first-order valence-corrected chi connectivity index (χ1v) is 6.60. The highest BCUT2D eigenvalue weighted by Crippen LogP contribution is 2.23. The van der Waals surface area contributed by atoms with Gasteiger partial charge in [0.15, 0.2) is 5.16 Å². The molecular formula is C13H17N3S. The van der Waals surface area contributed by atoms with Gasteiger partial charge in [-0.2, -0.15) is 0 Å². The van der Waals surface area contributed by atoms with Crippen LogP contribution in [-0.2, 0) is 0 Å². The molecule has 0 amide bonds. The van der Waals surface area contributed by atoms with Crippen LogP contribution in [0.25, 0.3) is 0 Å². The lowest BCUT2D eigenvalue weighted by Crippen LogP contribution is -2.14. The molecule has 1 unspecified atom stereocenters. The average Bonchev–Trinajstić information content (AvgIpc) is 2.78. The van der Waals surface area contributed by atoms with E-state index in [1.807, 2.05) is 6.20 Å². The van der Waals surface area contributed by atoms with E-state index in [0.29, 0.717) is 0 Å². The number of aromatic amines is 1. The maximum atomic E-state index is 6.20. The van der Waals surface area contributed by atoms with Gasteiger partial charge in [0, 0.05) is 24.2 Å². The quantitative estimate of drug-likeness (QED) is 0.817. The molecule has 2 rings (SSSR count). The van der Waals surface area contributed by atoms with E-state index < -0.39 is 0 Å². The second-order valence-electron chi connectivity index (χ2n) is 4.17. The molecule has 0 spiro atoms. The third kappa shape index (κ3) is 3.11. The number of benzene rings is 1. The van der Waals surface area contributed by atoms with Crippen molar-refractivity contribution in [2.75, 3.05) is 5.75 Å². The van der Waals surface area contributed by atoms with E-state index in [4.69, 9.17) is 5.73 Å². The van der Waals surface area contributed by atoms with Crippen LogP contribution in [-0.4, -0.2) is 15.7 Å². The monoisotopic (exact) mass is 247 g/mol. The minimum absolute atomic E-state index is 0.0469. The molecule has 0 radical (unpaired) electrons. The summed E-state index contributed by atoms with van der Waals surface area (Å²) in [5.41, 5.74) is 9.95. The number of rotatable bonds is 4. The normalized spacial score (nSPS) is 12.6. The number of nitrogens with zero attached hydrogens (tertiary/aromatic N) is 1. The van der Waals surface area contributed by atoms with E-state index in [2.05, 4.69) is 42.0 Å². The van der Waals surface area contributed by atoms with Crippen molar-refractivity contribution in [1.29, 1.82) is 0 Å². The Morgan fingerprint density at radius 3 is 2.88 bits per heavy atom. The molecule has 0 aliphatic carbocycles. The summed E-state index contributed by atoms with van der Waals surface area (Å²) in [4.78, 5) is 7.23. The third-order valence-corrected chi connectivity index (χ3v) is 3.72. The number of hydrogen-bond donors (Lipinski definition) is 2. The van der Waals surface area contributed by atoms with Gasteiger partial charge in [-0.15, -0.1) is 0 Å². The molecule has 90 valence electrons. The molecule has 2 aromatic rings. The van der Waals surface area contributed by atoms with Crippen molar-refractivity contribution in [2.24, 2.45) is 5.73 Å². The van der Waals surface area contributed by atoms with Crippen molar-refractivity contribution in [2.45, 2.75) is 25.0 Å². The van der Waals surface area contributed by atoms with Gasteiger partial charge in [-0.3, -0.25) is 0 Å². The maximum absolute atomic E-state index is 6.20. The number of nitrogens with two attached hydrogens (primary N) is 1. The van der Waals surface area contributed by atoms with Gasteiger partial charge in [-0.05, 0) is 25.0 Å². The summed E-state index contributed by atoms with van der Waals surface area (Å²) in [7, 11) is 0. The standard InChI is InChI=1S/C13H17N3S/c1-9-3-4-11(10(2)7-9)12(14)8-17-13-15-5-6-16-13/h3-7,12H,8,14H2,1-2H3,(H,15,16). The number of nitrogens with one attached hydrogen (secondary N) is 1. The van der Waals surface area contributed by atoms with Gasteiger partial charge in [0.2, 0.25) is 0 Å². The van der Waals surface area contributed by atoms with Crippen molar-refractivity contribution in [3.8, 4) is 0 Å². The summed E-state index contributed by atoms with van der Waals surface area (Å²) in [6, 6.07) is 6.45. The van der Waals surface area contributed by atoms with Crippen molar-refractivity contribution >= 4 is 11.8 Å². The molecule has 1 aromatic heterocycles. The van der Waals surface area contributed by atoms with Gasteiger partial charge in [-0.1, -0.05) is 35.5 Å². The maximum Gasteiger partial charge on any atom is 0.165 e. The Morgan fingerprint density at radius 1 is 1.41 bits per heavy atom. The van der Waals surface area contributed by atoms with E-state index in [1.54, 1.807) is 18.0 Å². The molecule has 1 atom stereocenters. The van der Waals surface area contributed by atoms with Crippen LogP contribution in [0.15, 0.2) is 35.7 Å². The van der Waals surface area contributed by atoms with Gasteiger partial charge in [0.05, 0.1) is 0 Å². The fraction of sp³-hybridized carbons (Fsp3) is 0.308. The molecule has 1 aromatic carbocycles. The van der Waals surface area contributed by atoms with Crippen LogP contribution in [0.1, 0.15) is 22.7 Å². The summed E-state index contributed by atoms with van der Waals surface area (Å²) in [5.74, 6) is 0.831. The summed E-state index contributed by atoms with van der Waals surface area (Å²) >= 11 is 1.65. The number of hydrogen-bond acceptors (Lipinski definition) is 3. The zero-order valence-corrected chi connectivity index (χ0v) is 10.9. The molecule has 3 N–H and O–H groups in total. The third-order valence-electron chi connectivity index (χ3n) is 2.70. The molecule has 0 saturated heterocycles. The first kappa shape index (κ1) is 12.2. The highest BCUT2D eigenvalue weighted by molar-refractivity contribution is 7.99. The van der Waals surface area contributed by atoms with E-state index in [9.17, 15) is 0 Å². The minimum Gasteiger partial charge on any atom is -0.340 e. The van der Waals surface area contributed by atoms with E-state index >= 15 is 0 Å². The highest BCUT2D eigenvalue weighted by atomic mass is 32.2. The summed E-state index contributed by atoms with van der Waals surface area (Å²) in [6.07, 6.45) is 3.58. The second-order valence-corrected chi connectivity index (χ2v) is 5.18. The molecule has 0 saturated carbocycles. The Bertz CT molecular complexity index is 479. The minimum atomic E-state index is 0.0469. The molecule has 0 aliphatic heterocycles. The molecule has 3 nitrogen and oxygen atoms in total. The largest absolute Gasteiger partial charge is 0.340 e. The summed E-state index contributed by atoms with van der Waals surface area (Å²) in [5, 5.41) is 0.921. The van der Waals surface area contributed by atoms with Crippen molar-refractivity contribution in [1.82, 2.24) is 9.97 Å². The first-order chi connectivity index (χ1) is 8.16. The number of imidazole rings is 1. The molecule has 4 heteroatoms. The Labute approximate surface area is 106 Å². The topological polar surface area (TPSA) is 54.7 Å². The van der Waals surface area contributed by atoms with Crippen LogP contribution in [0.4, 0.5) is 0 Å². The number of H-pyrrole nitrogens is 1. The smallest absolute Gasteiger partial charge is 0.165 e. The van der Waals surface area contributed by atoms with Crippen molar-refractivity contribution in [3.05, 3.63) is 47.3 Å². The van der Waals surface area contributed by atoms with Gasteiger partial charge < -0.3 is 10.7 Å². The zero-order chi connectivity index (χ0) is 12.3. The second kappa shape index (κ2) is 5.38. The SMILES string of the molecule is Cc1ccc(C(N)CSc2ncc[nH]2)c(C)c1. The van der Waals surface area contributed by atoms with E-state index in [0.717, 1.165) is 10.9 Å². The predicted octanol–water partition coefficient (Wildman–Crippen LogP) is 2.82. The average molecular weight is 247 g/mol. The Morgan fingerprint density at radius 2 is 2.24 bits per heavy atom. The summed E-state index contributed by atoms with van der Waals surface area (Å²) in [6.45, 7) is 4.21. The van der Waals surface area contributed by atoms with Crippen molar-refractivity contribution in [3.63, 3.8) is 0 Å². The molecule has 17 heavy (non-hydrogen) atoms. The lowest BCUT2D eigenvalue weighted by molar-refractivity contribution is 0.819. The van der Waals surface area contributed by atoms with Gasteiger partial charge in [0.1, 0.15) is 0 Å². The molecule has 0 aliphatic rings. The van der Waals surface area contributed by atoms with Crippen molar-refractivity contribution < 1.29 is 0 Å².